The number of amides is 1. The number of fused-ring (bicyclic) bond motifs is 1. The quantitative estimate of drug-likeness (QED) is 0.314. The molecule has 1 fully saturated rings. The van der Waals surface area contributed by atoms with Crippen molar-refractivity contribution in [1.82, 2.24) is 14.5 Å². The van der Waals surface area contributed by atoms with Crippen LogP contribution in [0.5, 0.6) is 0 Å². The van der Waals surface area contributed by atoms with Gasteiger partial charge in [0.25, 0.3) is 0 Å². The van der Waals surface area contributed by atoms with Gasteiger partial charge in [0.15, 0.2) is 0 Å². The summed E-state index contributed by atoms with van der Waals surface area (Å²) in [4.78, 5) is 19.4. The minimum absolute atomic E-state index is 0.236. The van der Waals surface area contributed by atoms with Crippen molar-refractivity contribution in [1.29, 1.82) is 5.26 Å². The Hall–Kier alpha value is -4.11. The summed E-state index contributed by atoms with van der Waals surface area (Å²) in [6.45, 7) is 9.97. The van der Waals surface area contributed by atoms with E-state index >= 15 is 0 Å². The first-order chi connectivity index (χ1) is 17.7. The van der Waals surface area contributed by atoms with Gasteiger partial charge in [-0.1, -0.05) is 42.0 Å². The van der Waals surface area contributed by atoms with Crippen LogP contribution in [0.1, 0.15) is 38.3 Å². The predicted molar refractivity (Wildman–Crippen MR) is 146 cm³/mol. The summed E-state index contributed by atoms with van der Waals surface area (Å²) < 4.78 is 7.82. The van der Waals surface area contributed by atoms with Gasteiger partial charge in [-0.05, 0) is 69.9 Å². The van der Waals surface area contributed by atoms with Crippen molar-refractivity contribution in [3.05, 3.63) is 78.0 Å². The number of likely N-dealkylation sites (tertiary alicyclic amines) is 1. The van der Waals surface area contributed by atoms with Crippen molar-refractivity contribution in [2.75, 3.05) is 13.1 Å². The lowest BCUT2D eigenvalue weighted by Gasteiger charge is -2.24. The van der Waals surface area contributed by atoms with Crippen LogP contribution in [-0.4, -0.2) is 39.2 Å². The second kappa shape index (κ2) is 9.74. The predicted octanol–water partition coefficient (Wildman–Crippen LogP) is 6.81. The van der Waals surface area contributed by atoms with E-state index in [1.807, 2.05) is 49.9 Å². The van der Waals surface area contributed by atoms with E-state index < -0.39 is 5.60 Å². The summed E-state index contributed by atoms with van der Waals surface area (Å²) in [5.41, 5.74) is 7.38. The standard InChI is InChI=1S/C31H32N4O2/c1-21-5-9-25(10-6-21)29-26(24-11-7-22(18-32)8-12-24)17-28-27(33-29)14-16-34(28)19-23-13-15-35(20-23)30(36)37-31(2,3)4/h5-12,14,16-17,23H,13,15,19-20H2,1-4H3. The number of aryl methyl sites for hydroxylation is 1. The number of aromatic nitrogens is 2. The molecule has 4 aromatic rings. The normalized spacial score (nSPS) is 15.6. The van der Waals surface area contributed by atoms with Crippen LogP contribution in [0, 0.1) is 24.2 Å². The summed E-state index contributed by atoms with van der Waals surface area (Å²) in [5.74, 6) is 0.346. The van der Waals surface area contributed by atoms with Gasteiger partial charge in [-0.3, -0.25) is 0 Å². The van der Waals surface area contributed by atoms with Gasteiger partial charge in [0.1, 0.15) is 5.60 Å². The molecule has 0 radical (unpaired) electrons. The van der Waals surface area contributed by atoms with Gasteiger partial charge < -0.3 is 14.2 Å². The monoisotopic (exact) mass is 492 g/mol. The van der Waals surface area contributed by atoms with Gasteiger partial charge in [-0.2, -0.15) is 5.26 Å². The molecule has 1 saturated heterocycles. The van der Waals surface area contributed by atoms with E-state index in [0.717, 1.165) is 46.4 Å². The topological polar surface area (TPSA) is 71.2 Å². The van der Waals surface area contributed by atoms with E-state index in [-0.39, 0.29) is 6.09 Å². The van der Waals surface area contributed by atoms with E-state index in [9.17, 15) is 10.1 Å². The summed E-state index contributed by atoms with van der Waals surface area (Å²) >= 11 is 0. The molecular formula is C31H32N4O2. The Morgan fingerprint density at radius 1 is 1.08 bits per heavy atom. The summed E-state index contributed by atoms with van der Waals surface area (Å²) in [7, 11) is 0. The summed E-state index contributed by atoms with van der Waals surface area (Å²) in [6.07, 6.45) is 2.80. The Morgan fingerprint density at radius 3 is 2.46 bits per heavy atom. The number of nitrogens with zero attached hydrogens (tertiary/aromatic N) is 4. The third-order valence-electron chi connectivity index (χ3n) is 6.80. The Morgan fingerprint density at radius 2 is 1.78 bits per heavy atom. The number of hydrogen-bond donors (Lipinski definition) is 0. The van der Waals surface area contributed by atoms with Gasteiger partial charge >= 0.3 is 6.09 Å². The number of rotatable bonds is 4. The maximum absolute atomic E-state index is 12.5. The van der Waals surface area contributed by atoms with Gasteiger partial charge in [0, 0.05) is 37.0 Å². The van der Waals surface area contributed by atoms with Gasteiger partial charge in [-0.25, -0.2) is 9.78 Å². The lowest BCUT2D eigenvalue weighted by molar-refractivity contribution is 0.0287. The molecule has 0 spiro atoms. The number of benzene rings is 2. The smallest absolute Gasteiger partial charge is 0.410 e. The summed E-state index contributed by atoms with van der Waals surface area (Å²) in [6, 6.07) is 22.6. The number of nitriles is 1. The van der Waals surface area contributed by atoms with Crippen LogP contribution >= 0.6 is 0 Å². The first-order valence-electron chi connectivity index (χ1n) is 12.8. The number of pyridine rings is 1. The molecule has 0 bridgehead atoms. The molecular weight excluding hydrogens is 460 g/mol. The van der Waals surface area contributed by atoms with Crippen molar-refractivity contribution in [3.8, 4) is 28.5 Å². The molecule has 0 N–H and O–H groups in total. The number of carbonyl (C=O) groups is 1. The van der Waals surface area contributed by atoms with Crippen molar-refractivity contribution in [3.63, 3.8) is 0 Å². The highest BCUT2D eigenvalue weighted by molar-refractivity contribution is 5.90. The van der Waals surface area contributed by atoms with E-state index in [1.165, 1.54) is 5.56 Å². The molecule has 0 aliphatic carbocycles. The number of hydrogen-bond acceptors (Lipinski definition) is 4. The molecule has 188 valence electrons. The van der Waals surface area contributed by atoms with Gasteiger partial charge in [0.2, 0.25) is 0 Å². The van der Waals surface area contributed by atoms with Crippen molar-refractivity contribution in [2.24, 2.45) is 5.92 Å². The molecule has 0 saturated carbocycles. The van der Waals surface area contributed by atoms with Crippen LogP contribution in [0.2, 0.25) is 0 Å². The van der Waals surface area contributed by atoms with Crippen molar-refractivity contribution < 1.29 is 9.53 Å². The Labute approximate surface area is 218 Å². The zero-order chi connectivity index (χ0) is 26.2. The molecule has 1 atom stereocenters. The van der Waals surface area contributed by atoms with E-state index in [0.29, 0.717) is 24.6 Å². The maximum Gasteiger partial charge on any atom is 0.410 e. The highest BCUT2D eigenvalue weighted by atomic mass is 16.6. The van der Waals surface area contributed by atoms with Gasteiger partial charge in [-0.15, -0.1) is 0 Å². The summed E-state index contributed by atoms with van der Waals surface area (Å²) in [5, 5.41) is 9.25. The molecule has 37 heavy (non-hydrogen) atoms. The van der Waals surface area contributed by atoms with Gasteiger partial charge in [0.05, 0.1) is 28.4 Å². The minimum Gasteiger partial charge on any atom is -0.444 e. The van der Waals surface area contributed by atoms with Crippen LogP contribution in [0.3, 0.4) is 0 Å². The highest BCUT2D eigenvalue weighted by Gasteiger charge is 2.30. The zero-order valence-electron chi connectivity index (χ0n) is 21.9. The van der Waals surface area contributed by atoms with Crippen LogP contribution in [-0.2, 0) is 11.3 Å². The zero-order valence-corrected chi connectivity index (χ0v) is 21.9. The fourth-order valence-electron chi connectivity index (χ4n) is 4.90. The second-order valence-corrected chi connectivity index (χ2v) is 10.9. The molecule has 5 rings (SSSR count). The molecule has 6 heteroatoms. The third kappa shape index (κ3) is 5.36. The minimum atomic E-state index is -0.492. The van der Waals surface area contributed by atoms with E-state index in [4.69, 9.17) is 9.72 Å². The molecule has 2 aromatic carbocycles. The molecule has 1 aliphatic heterocycles. The van der Waals surface area contributed by atoms with Crippen molar-refractivity contribution >= 4 is 17.1 Å². The molecule has 1 amide bonds. The van der Waals surface area contributed by atoms with Crippen molar-refractivity contribution in [2.45, 2.75) is 46.3 Å². The molecule has 2 aromatic heterocycles. The van der Waals surface area contributed by atoms with Crippen LogP contribution in [0.15, 0.2) is 66.9 Å². The van der Waals surface area contributed by atoms with E-state index in [2.05, 4.69) is 60.2 Å². The third-order valence-corrected chi connectivity index (χ3v) is 6.80. The first kappa shape index (κ1) is 24.6. The fraction of sp³-hybridized carbons (Fsp3) is 0.323. The molecule has 1 aliphatic rings. The second-order valence-electron chi connectivity index (χ2n) is 10.9. The lowest BCUT2D eigenvalue weighted by Crippen LogP contribution is -2.35. The van der Waals surface area contributed by atoms with Crippen LogP contribution in [0.4, 0.5) is 4.79 Å². The van der Waals surface area contributed by atoms with Crippen LogP contribution in [0.25, 0.3) is 33.4 Å². The Bertz CT molecular complexity index is 1470. The lowest BCUT2D eigenvalue weighted by atomic mass is 9.97. The maximum atomic E-state index is 12.5. The fourth-order valence-corrected chi connectivity index (χ4v) is 4.90. The Balaban J connectivity index is 1.48. The van der Waals surface area contributed by atoms with Crippen LogP contribution < -0.4 is 0 Å². The number of carbonyl (C=O) groups excluding carboxylic acids is 1. The SMILES string of the molecule is Cc1ccc(-c2nc3ccn(CC4CCN(C(=O)OC(C)(C)C)C4)c3cc2-c2ccc(C#N)cc2)cc1. The molecule has 1 unspecified atom stereocenters. The largest absolute Gasteiger partial charge is 0.444 e. The highest BCUT2D eigenvalue weighted by Crippen LogP contribution is 2.34. The Kier molecular flexibility index (Phi) is 6.47. The number of ether oxygens (including phenoxy) is 1. The average molecular weight is 493 g/mol. The first-order valence-corrected chi connectivity index (χ1v) is 12.8. The van der Waals surface area contributed by atoms with E-state index in [1.54, 1.807) is 0 Å². The average Bonchev–Trinajstić information content (AvgIpc) is 3.50. The molecule has 3 heterocycles. The molecule has 6 nitrogen and oxygen atoms in total.